The highest BCUT2D eigenvalue weighted by atomic mass is 79.9. The van der Waals surface area contributed by atoms with Crippen LogP contribution < -0.4 is 0 Å². The Morgan fingerprint density at radius 1 is 1.44 bits per heavy atom. The van der Waals surface area contributed by atoms with E-state index < -0.39 is 0 Å². The van der Waals surface area contributed by atoms with Crippen LogP contribution in [0.3, 0.4) is 0 Å². The number of Topliss-reactive ketones (excluding diaryl/α,β-unsaturated/α-hetero) is 1. The third kappa shape index (κ3) is 3.12. The highest BCUT2D eigenvalue weighted by Crippen LogP contribution is 2.18. The standard InChI is InChI=1S/C12H14BrNO2/c13-11-5-9(7-14-8-11)6-12(15)10-1-3-16-4-2-10/h5,7-8,10H,1-4,6H2. The minimum Gasteiger partial charge on any atom is -0.381 e. The SMILES string of the molecule is O=C(Cc1cncc(Br)c1)C1CCOCC1. The molecule has 0 amide bonds. The van der Waals surface area contributed by atoms with E-state index in [1.165, 1.54) is 0 Å². The van der Waals surface area contributed by atoms with Gasteiger partial charge < -0.3 is 4.74 Å². The average molecular weight is 284 g/mol. The zero-order chi connectivity index (χ0) is 11.4. The molecular formula is C12H14BrNO2. The third-order valence-electron chi connectivity index (χ3n) is 2.82. The highest BCUT2D eigenvalue weighted by Gasteiger charge is 2.21. The summed E-state index contributed by atoms with van der Waals surface area (Å²) in [7, 11) is 0. The summed E-state index contributed by atoms with van der Waals surface area (Å²) in [6.45, 7) is 1.43. The second kappa shape index (κ2) is 5.55. The quantitative estimate of drug-likeness (QED) is 0.855. The Morgan fingerprint density at radius 3 is 2.88 bits per heavy atom. The molecule has 0 saturated carbocycles. The molecule has 0 aliphatic carbocycles. The molecule has 0 radical (unpaired) electrons. The molecule has 2 rings (SSSR count). The van der Waals surface area contributed by atoms with E-state index in [9.17, 15) is 4.79 Å². The molecular weight excluding hydrogens is 270 g/mol. The van der Waals surface area contributed by atoms with Gasteiger partial charge >= 0.3 is 0 Å². The number of hydrogen-bond acceptors (Lipinski definition) is 3. The van der Waals surface area contributed by atoms with E-state index >= 15 is 0 Å². The number of carbonyl (C=O) groups excluding carboxylic acids is 1. The monoisotopic (exact) mass is 283 g/mol. The Balaban J connectivity index is 1.96. The average Bonchev–Trinajstić information content (AvgIpc) is 2.30. The predicted molar refractivity (Wildman–Crippen MR) is 64.2 cm³/mol. The van der Waals surface area contributed by atoms with Gasteiger partial charge in [-0.2, -0.15) is 0 Å². The first-order valence-electron chi connectivity index (χ1n) is 5.45. The lowest BCUT2D eigenvalue weighted by atomic mass is 9.92. The summed E-state index contributed by atoms with van der Waals surface area (Å²) < 4.78 is 6.17. The van der Waals surface area contributed by atoms with Crippen LogP contribution in [-0.4, -0.2) is 24.0 Å². The van der Waals surface area contributed by atoms with Crippen LogP contribution in [0.2, 0.25) is 0 Å². The first-order chi connectivity index (χ1) is 7.75. The van der Waals surface area contributed by atoms with Crippen LogP contribution >= 0.6 is 15.9 Å². The number of ether oxygens (including phenoxy) is 1. The molecule has 0 aromatic carbocycles. The Morgan fingerprint density at radius 2 is 2.19 bits per heavy atom. The molecule has 0 bridgehead atoms. The first-order valence-corrected chi connectivity index (χ1v) is 6.25. The molecule has 0 N–H and O–H groups in total. The van der Waals surface area contributed by atoms with Crippen molar-refractivity contribution in [3.63, 3.8) is 0 Å². The highest BCUT2D eigenvalue weighted by molar-refractivity contribution is 9.10. The van der Waals surface area contributed by atoms with E-state index in [0.29, 0.717) is 25.4 Å². The fourth-order valence-electron chi connectivity index (χ4n) is 1.92. The topological polar surface area (TPSA) is 39.2 Å². The van der Waals surface area contributed by atoms with E-state index in [0.717, 1.165) is 22.9 Å². The van der Waals surface area contributed by atoms with Crippen molar-refractivity contribution in [1.82, 2.24) is 4.98 Å². The van der Waals surface area contributed by atoms with Gasteiger partial charge in [0, 0.05) is 42.4 Å². The molecule has 16 heavy (non-hydrogen) atoms. The molecule has 86 valence electrons. The van der Waals surface area contributed by atoms with Gasteiger partial charge in [-0.25, -0.2) is 0 Å². The van der Waals surface area contributed by atoms with Crippen molar-refractivity contribution >= 4 is 21.7 Å². The molecule has 1 aromatic heterocycles. The maximum atomic E-state index is 12.0. The summed E-state index contributed by atoms with van der Waals surface area (Å²) in [5.74, 6) is 0.482. The van der Waals surface area contributed by atoms with E-state index in [2.05, 4.69) is 20.9 Å². The summed E-state index contributed by atoms with van der Waals surface area (Å²) in [5, 5.41) is 0. The zero-order valence-corrected chi connectivity index (χ0v) is 10.6. The molecule has 1 aliphatic heterocycles. The van der Waals surface area contributed by atoms with E-state index in [-0.39, 0.29) is 5.92 Å². The number of rotatable bonds is 3. The second-order valence-corrected chi connectivity index (χ2v) is 4.96. The number of halogens is 1. The number of aromatic nitrogens is 1. The smallest absolute Gasteiger partial charge is 0.140 e. The first kappa shape index (κ1) is 11.7. The van der Waals surface area contributed by atoms with Crippen LogP contribution in [0.4, 0.5) is 0 Å². The van der Waals surface area contributed by atoms with Gasteiger partial charge in [-0.1, -0.05) is 0 Å². The van der Waals surface area contributed by atoms with Crippen molar-refractivity contribution in [2.24, 2.45) is 5.92 Å². The van der Waals surface area contributed by atoms with Crippen LogP contribution in [0, 0.1) is 5.92 Å². The molecule has 1 fully saturated rings. The van der Waals surface area contributed by atoms with Gasteiger partial charge in [0.2, 0.25) is 0 Å². The Hall–Kier alpha value is -0.740. The summed E-state index contributed by atoms with van der Waals surface area (Å²) >= 11 is 3.35. The number of hydrogen-bond donors (Lipinski definition) is 0. The van der Waals surface area contributed by atoms with Gasteiger partial charge in [0.1, 0.15) is 5.78 Å². The maximum absolute atomic E-state index is 12.0. The van der Waals surface area contributed by atoms with Crippen LogP contribution in [0.1, 0.15) is 18.4 Å². The summed E-state index contributed by atoms with van der Waals surface area (Å²) in [6, 6.07) is 1.95. The van der Waals surface area contributed by atoms with Gasteiger partial charge in [0.05, 0.1) is 0 Å². The Labute approximate surface area is 103 Å². The van der Waals surface area contributed by atoms with Crippen molar-refractivity contribution in [1.29, 1.82) is 0 Å². The molecule has 2 heterocycles. The zero-order valence-electron chi connectivity index (χ0n) is 8.99. The summed E-state index contributed by atoms with van der Waals surface area (Å²) in [6.07, 6.45) is 5.68. The lowest BCUT2D eigenvalue weighted by Gasteiger charge is -2.20. The Kier molecular flexibility index (Phi) is 4.07. The van der Waals surface area contributed by atoms with Gasteiger partial charge in [0.25, 0.3) is 0 Å². The molecule has 0 spiro atoms. The van der Waals surface area contributed by atoms with Gasteiger partial charge in [0.15, 0.2) is 0 Å². The van der Waals surface area contributed by atoms with Crippen molar-refractivity contribution in [3.05, 3.63) is 28.5 Å². The molecule has 0 atom stereocenters. The second-order valence-electron chi connectivity index (χ2n) is 4.04. The minimum absolute atomic E-state index is 0.174. The lowest BCUT2D eigenvalue weighted by molar-refractivity contribution is -0.125. The number of nitrogens with zero attached hydrogens (tertiary/aromatic N) is 1. The number of pyridine rings is 1. The molecule has 1 aromatic rings. The largest absolute Gasteiger partial charge is 0.381 e. The molecule has 1 saturated heterocycles. The van der Waals surface area contributed by atoms with Gasteiger partial charge in [-0.05, 0) is 40.4 Å². The molecule has 0 unspecified atom stereocenters. The van der Waals surface area contributed by atoms with Crippen molar-refractivity contribution in [2.75, 3.05) is 13.2 Å². The normalized spacial score (nSPS) is 17.3. The van der Waals surface area contributed by atoms with Crippen LogP contribution in [0.5, 0.6) is 0 Å². The van der Waals surface area contributed by atoms with Crippen LogP contribution in [0.25, 0.3) is 0 Å². The fraction of sp³-hybridized carbons (Fsp3) is 0.500. The van der Waals surface area contributed by atoms with E-state index in [4.69, 9.17) is 4.74 Å². The van der Waals surface area contributed by atoms with E-state index in [1.54, 1.807) is 12.4 Å². The van der Waals surface area contributed by atoms with Crippen LogP contribution in [-0.2, 0) is 16.0 Å². The number of ketones is 1. The van der Waals surface area contributed by atoms with Crippen molar-refractivity contribution in [3.8, 4) is 0 Å². The summed E-state index contributed by atoms with van der Waals surface area (Å²) in [4.78, 5) is 16.0. The van der Waals surface area contributed by atoms with Gasteiger partial charge in [-0.15, -0.1) is 0 Å². The maximum Gasteiger partial charge on any atom is 0.140 e. The fourth-order valence-corrected chi connectivity index (χ4v) is 2.33. The van der Waals surface area contributed by atoms with Crippen molar-refractivity contribution < 1.29 is 9.53 Å². The van der Waals surface area contributed by atoms with Crippen LogP contribution in [0.15, 0.2) is 22.9 Å². The predicted octanol–water partition coefficient (Wildman–Crippen LogP) is 2.38. The van der Waals surface area contributed by atoms with E-state index in [1.807, 2.05) is 6.07 Å². The molecule has 1 aliphatic rings. The molecule has 3 nitrogen and oxygen atoms in total. The Bertz CT molecular complexity index is 375. The molecule has 4 heteroatoms. The van der Waals surface area contributed by atoms with Gasteiger partial charge in [-0.3, -0.25) is 9.78 Å². The minimum atomic E-state index is 0.174. The van der Waals surface area contributed by atoms with Crippen molar-refractivity contribution in [2.45, 2.75) is 19.3 Å². The lowest BCUT2D eigenvalue weighted by Crippen LogP contribution is -2.24. The number of carbonyl (C=O) groups is 1. The summed E-state index contributed by atoms with van der Waals surface area (Å²) in [5.41, 5.74) is 0.978. The third-order valence-corrected chi connectivity index (χ3v) is 3.25.